The molecule has 0 radical (unpaired) electrons. The van der Waals surface area contributed by atoms with E-state index in [2.05, 4.69) is 10.1 Å². The fourth-order valence-corrected chi connectivity index (χ4v) is 3.21. The molecule has 0 atom stereocenters. The molecule has 0 N–H and O–H groups in total. The van der Waals surface area contributed by atoms with Gasteiger partial charge < -0.3 is 28.4 Å². The first-order valence-corrected chi connectivity index (χ1v) is 9.75. The summed E-state index contributed by atoms with van der Waals surface area (Å²) in [6.45, 7) is 3.39. The van der Waals surface area contributed by atoms with Gasteiger partial charge in [-0.25, -0.2) is 0 Å². The van der Waals surface area contributed by atoms with Crippen LogP contribution >= 0.6 is 0 Å². The molecular formula is C21H19N3O7. The van der Waals surface area contributed by atoms with E-state index < -0.39 is 5.91 Å². The molecule has 0 amide bonds. The second kappa shape index (κ2) is 8.15. The molecule has 0 aliphatic carbocycles. The zero-order chi connectivity index (χ0) is 21.2. The van der Waals surface area contributed by atoms with Crippen LogP contribution in [0.2, 0.25) is 0 Å². The summed E-state index contributed by atoms with van der Waals surface area (Å²) >= 11 is 0. The van der Waals surface area contributed by atoms with Gasteiger partial charge in [-0.15, -0.1) is 5.10 Å². The van der Waals surface area contributed by atoms with Crippen molar-refractivity contribution in [3.8, 4) is 40.4 Å². The van der Waals surface area contributed by atoms with Crippen LogP contribution in [-0.2, 0) is 4.74 Å². The first kappa shape index (κ1) is 19.2. The van der Waals surface area contributed by atoms with Crippen LogP contribution in [-0.4, -0.2) is 54.1 Å². The van der Waals surface area contributed by atoms with Crippen LogP contribution in [0.1, 0.15) is 17.3 Å². The zero-order valence-electron chi connectivity index (χ0n) is 16.7. The van der Waals surface area contributed by atoms with Gasteiger partial charge in [0.2, 0.25) is 13.6 Å². The number of rotatable bonds is 7. The maximum atomic E-state index is 13.3. The summed E-state index contributed by atoms with van der Waals surface area (Å²) in [6, 6.07) is 10.3. The Hall–Kier alpha value is -3.79. The predicted octanol–water partition coefficient (Wildman–Crippen LogP) is 2.51. The van der Waals surface area contributed by atoms with Gasteiger partial charge in [-0.05, 0) is 43.3 Å². The zero-order valence-corrected chi connectivity index (χ0v) is 16.7. The summed E-state index contributed by atoms with van der Waals surface area (Å²) in [4.78, 5) is 17.7. The van der Waals surface area contributed by atoms with E-state index in [9.17, 15) is 4.79 Å². The number of fused-ring (bicyclic) bond motifs is 2. The molecule has 0 fully saturated rings. The molecule has 0 spiro atoms. The Morgan fingerprint density at radius 2 is 1.68 bits per heavy atom. The number of carbonyl (C=O) groups is 1. The van der Waals surface area contributed by atoms with Crippen molar-refractivity contribution < 1.29 is 33.2 Å². The van der Waals surface area contributed by atoms with Crippen LogP contribution < -0.4 is 23.7 Å². The van der Waals surface area contributed by atoms with Crippen LogP contribution in [0.3, 0.4) is 0 Å². The normalized spacial score (nSPS) is 13.5. The van der Waals surface area contributed by atoms with Crippen molar-refractivity contribution in [3.63, 3.8) is 0 Å². The fraction of sp³-hybridized carbons (Fsp3) is 0.286. The first-order valence-electron chi connectivity index (χ1n) is 9.75. The summed E-state index contributed by atoms with van der Waals surface area (Å²) in [5.41, 5.74) is 1.00. The Balaban J connectivity index is 1.50. The van der Waals surface area contributed by atoms with E-state index >= 15 is 0 Å². The van der Waals surface area contributed by atoms with Crippen molar-refractivity contribution in [2.75, 3.05) is 33.4 Å². The molecule has 10 nitrogen and oxygen atoms in total. The summed E-state index contributed by atoms with van der Waals surface area (Å²) in [5.74, 6) is 2.21. The largest absolute Gasteiger partial charge is 0.460 e. The number of hydrogen-bond donors (Lipinski definition) is 0. The molecule has 160 valence electrons. The molecule has 31 heavy (non-hydrogen) atoms. The van der Waals surface area contributed by atoms with Crippen molar-refractivity contribution in [1.82, 2.24) is 14.8 Å². The topological polar surface area (TPSA) is 103 Å². The summed E-state index contributed by atoms with van der Waals surface area (Å²) in [7, 11) is 0. The monoisotopic (exact) mass is 425 g/mol. The number of ether oxygens (including phenoxy) is 6. The standard InChI is InChI=1S/C21H19N3O7/c1-2-26-7-8-27-21-22-19(13-3-5-15-17(9-13)30-11-28-15)24(23-21)20(25)14-4-6-16-18(10-14)31-12-29-16/h3-6,9-10H,2,7-8,11-12H2,1H3. The highest BCUT2D eigenvalue weighted by Crippen LogP contribution is 2.36. The van der Waals surface area contributed by atoms with Crippen LogP contribution in [0.15, 0.2) is 36.4 Å². The molecule has 3 aromatic rings. The lowest BCUT2D eigenvalue weighted by atomic mass is 10.1. The Bertz CT molecular complexity index is 1130. The highest BCUT2D eigenvalue weighted by molar-refractivity contribution is 5.98. The van der Waals surface area contributed by atoms with Crippen molar-refractivity contribution in [1.29, 1.82) is 0 Å². The maximum Gasteiger partial charge on any atom is 0.336 e. The smallest absolute Gasteiger partial charge is 0.336 e. The second-order valence-electron chi connectivity index (χ2n) is 6.62. The third kappa shape index (κ3) is 3.73. The van der Waals surface area contributed by atoms with E-state index in [-0.39, 0.29) is 26.2 Å². The lowest BCUT2D eigenvalue weighted by Gasteiger charge is -2.06. The van der Waals surface area contributed by atoms with E-state index in [0.717, 1.165) is 0 Å². The van der Waals surface area contributed by atoms with E-state index in [4.69, 9.17) is 28.4 Å². The van der Waals surface area contributed by atoms with Crippen LogP contribution in [0.25, 0.3) is 11.4 Å². The fourth-order valence-electron chi connectivity index (χ4n) is 3.21. The molecule has 5 rings (SSSR count). The van der Waals surface area contributed by atoms with Crippen molar-refractivity contribution in [2.45, 2.75) is 6.92 Å². The predicted molar refractivity (Wildman–Crippen MR) is 106 cm³/mol. The average Bonchev–Trinajstić information content (AvgIpc) is 3.54. The molecule has 0 bridgehead atoms. The van der Waals surface area contributed by atoms with Gasteiger partial charge in [0, 0.05) is 17.7 Å². The molecule has 1 aromatic heterocycles. The van der Waals surface area contributed by atoms with E-state index in [1.165, 1.54) is 4.68 Å². The number of nitrogens with zero attached hydrogens (tertiary/aromatic N) is 3. The average molecular weight is 425 g/mol. The maximum absolute atomic E-state index is 13.3. The molecular weight excluding hydrogens is 406 g/mol. The lowest BCUT2D eigenvalue weighted by Crippen LogP contribution is -2.15. The quantitative estimate of drug-likeness (QED) is 0.528. The van der Waals surface area contributed by atoms with Gasteiger partial charge in [-0.1, -0.05) is 0 Å². The minimum absolute atomic E-state index is 0.0708. The number of carbonyl (C=O) groups excluding carboxylic acids is 1. The molecule has 2 aliphatic rings. The van der Waals surface area contributed by atoms with Gasteiger partial charge in [0.05, 0.1) is 6.61 Å². The van der Waals surface area contributed by atoms with Crippen LogP contribution in [0, 0.1) is 0 Å². The van der Waals surface area contributed by atoms with Gasteiger partial charge in [0.25, 0.3) is 5.91 Å². The number of hydrogen-bond acceptors (Lipinski definition) is 9. The lowest BCUT2D eigenvalue weighted by molar-refractivity contribution is 0.0937. The minimum atomic E-state index is -0.391. The highest BCUT2D eigenvalue weighted by atomic mass is 16.7. The van der Waals surface area contributed by atoms with E-state index in [1.54, 1.807) is 36.4 Å². The van der Waals surface area contributed by atoms with E-state index in [0.29, 0.717) is 53.2 Å². The number of aromatic nitrogens is 3. The van der Waals surface area contributed by atoms with Crippen molar-refractivity contribution >= 4 is 5.91 Å². The third-order valence-corrected chi connectivity index (χ3v) is 4.69. The molecule has 2 aliphatic heterocycles. The summed E-state index contributed by atoms with van der Waals surface area (Å²) in [6.07, 6.45) is 0. The molecule has 10 heteroatoms. The summed E-state index contributed by atoms with van der Waals surface area (Å²) < 4.78 is 33.6. The minimum Gasteiger partial charge on any atom is -0.460 e. The van der Waals surface area contributed by atoms with Crippen molar-refractivity contribution in [2.24, 2.45) is 0 Å². The van der Waals surface area contributed by atoms with Gasteiger partial charge >= 0.3 is 6.01 Å². The first-order chi connectivity index (χ1) is 15.2. The van der Waals surface area contributed by atoms with Crippen molar-refractivity contribution in [3.05, 3.63) is 42.0 Å². The van der Waals surface area contributed by atoms with Crippen LogP contribution in [0.5, 0.6) is 29.0 Å². The Kier molecular flexibility index (Phi) is 5.04. The third-order valence-electron chi connectivity index (χ3n) is 4.69. The Labute approximate surface area is 177 Å². The van der Waals surface area contributed by atoms with Gasteiger partial charge in [0.1, 0.15) is 6.61 Å². The molecule has 3 heterocycles. The molecule has 0 saturated carbocycles. The van der Waals surface area contributed by atoms with E-state index in [1.807, 2.05) is 6.92 Å². The Morgan fingerprint density at radius 3 is 2.45 bits per heavy atom. The molecule has 2 aromatic carbocycles. The molecule has 0 unspecified atom stereocenters. The summed E-state index contributed by atoms with van der Waals surface area (Å²) in [5, 5.41) is 4.28. The van der Waals surface area contributed by atoms with Gasteiger partial charge in [0.15, 0.2) is 28.8 Å². The van der Waals surface area contributed by atoms with Gasteiger partial charge in [-0.2, -0.15) is 9.67 Å². The second-order valence-corrected chi connectivity index (χ2v) is 6.62. The molecule has 0 saturated heterocycles. The van der Waals surface area contributed by atoms with Crippen LogP contribution in [0.4, 0.5) is 0 Å². The van der Waals surface area contributed by atoms with Gasteiger partial charge in [-0.3, -0.25) is 4.79 Å². The Morgan fingerprint density at radius 1 is 0.968 bits per heavy atom. The SMILES string of the molecule is CCOCCOc1nc(-c2ccc3c(c2)OCO3)n(C(=O)c2ccc3c(c2)OCO3)n1. The highest BCUT2D eigenvalue weighted by Gasteiger charge is 2.24. The number of benzene rings is 2.